The maximum atomic E-state index is 14.0. The fourth-order valence-corrected chi connectivity index (χ4v) is 7.65. The van der Waals surface area contributed by atoms with Crippen molar-refractivity contribution >= 4 is 34.8 Å². The van der Waals surface area contributed by atoms with E-state index >= 15 is 0 Å². The zero-order chi connectivity index (χ0) is 37.1. The fourth-order valence-electron chi connectivity index (χ4n) is 7.32. The number of aliphatic hydroxyl groups excluding tert-OH is 2. The number of aryl methyl sites for hydroxylation is 1. The molecule has 4 unspecified atom stereocenters. The lowest BCUT2D eigenvalue weighted by Crippen LogP contribution is -2.47. The van der Waals surface area contributed by atoms with E-state index in [1.165, 1.54) is 14.1 Å². The summed E-state index contributed by atoms with van der Waals surface area (Å²) in [6, 6.07) is 12.8. The van der Waals surface area contributed by atoms with Gasteiger partial charge in [0.05, 0.1) is 41.8 Å². The van der Waals surface area contributed by atoms with Crippen LogP contribution in [-0.4, -0.2) is 77.7 Å². The Balaban J connectivity index is 1.24. The number of benzene rings is 2. The van der Waals surface area contributed by atoms with Crippen LogP contribution in [0.15, 0.2) is 48.5 Å². The molecule has 2 amide bonds. The highest BCUT2D eigenvalue weighted by Crippen LogP contribution is 2.45. The number of carbonyl (C=O) groups excluding carboxylic acids is 1. The molecular weight excluding hydrogens is 701 g/mol. The number of fused-ring (bicyclic) bond motifs is 2. The summed E-state index contributed by atoms with van der Waals surface area (Å²) >= 11 is 7.15. The third-order valence-electron chi connectivity index (χ3n) is 10.1. The second-order valence-electron chi connectivity index (χ2n) is 13.3. The summed E-state index contributed by atoms with van der Waals surface area (Å²) in [4.78, 5) is 23.5. The van der Waals surface area contributed by atoms with Crippen LogP contribution in [0.5, 0.6) is 5.88 Å². The largest absolute Gasteiger partial charge is 0.481 e. The van der Waals surface area contributed by atoms with E-state index in [-0.39, 0.29) is 29.2 Å². The smallest absolute Gasteiger partial charge is 0.433 e. The second-order valence-corrected chi connectivity index (χ2v) is 13.6. The number of methoxy groups -OCH3 is 1. The summed E-state index contributed by atoms with van der Waals surface area (Å²) in [5.74, 6) is 0.238. The molecule has 3 aliphatic rings. The molecular formula is C37H38ClF3N6O5. The van der Waals surface area contributed by atoms with Crippen molar-refractivity contribution in [1.29, 1.82) is 0 Å². The minimum absolute atomic E-state index is 0.0282. The van der Waals surface area contributed by atoms with Gasteiger partial charge in [-0.2, -0.15) is 13.2 Å². The molecule has 4 heterocycles. The Morgan fingerprint density at radius 3 is 2.48 bits per heavy atom. The fraction of sp³-hybridized carbons (Fsp3) is 0.378. The minimum atomic E-state index is -4.81. The van der Waals surface area contributed by atoms with Gasteiger partial charge in [-0.15, -0.1) is 0 Å². The molecule has 274 valence electrons. The Kier molecular flexibility index (Phi) is 9.55. The molecule has 52 heavy (non-hydrogen) atoms. The number of carbonyl (C=O) groups is 1. The van der Waals surface area contributed by atoms with E-state index in [0.29, 0.717) is 64.2 Å². The van der Waals surface area contributed by atoms with Gasteiger partial charge in [0.1, 0.15) is 11.5 Å². The zero-order valence-electron chi connectivity index (χ0n) is 28.9. The minimum Gasteiger partial charge on any atom is -0.481 e. The first-order chi connectivity index (χ1) is 24.8. The maximum absolute atomic E-state index is 14.0. The summed E-state index contributed by atoms with van der Waals surface area (Å²) in [5, 5.41) is 28.5. The molecule has 0 bridgehead atoms. The molecule has 11 nitrogen and oxygen atoms in total. The third-order valence-corrected chi connectivity index (χ3v) is 10.6. The Labute approximate surface area is 303 Å². The molecule has 4 atom stereocenters. The van der Waals surface area contributed by atoms with Gasteiger partial charge < -0.3 is 30.3 Å². The molecule has 2 aliphatic heterocycles. The lowest BCUT2D eigenvalue weighted by molar-refractivity contribution is -0.141. The number of ether oxygens (including phenoxy) is 2. The van der Waals surface area contributed by atoms with Crippen LogP contribution in [0, 0.1) is 6.92 Å². The van der Waals surface area contributed by atoms with Gasteiger partial charge in [-0.3, -0.25) is 9.80 Å². The van der Waals surface area contributed by atoms with Crippen LogP contribution in [0.25, 0.3) is 22.4 Å². The van der Waals surface area contributed by atoms with Crippen molar-refractivity contribution in [2.45, 2.75) is 56.8 Å². The second kappa shape index (κ2) is 13.8. The first-order valence-electron chi connectivity index (χ1n) is 16.8. The lowest BCUT2D eigenvalue weighted by atomic mass is 9.95. The third kappa shape index (κ3) is 6.32. The highest BCUT2D eigenvalue weighted by atomic mass is 35.5. The van der Waals surface area contributed by atoms with Crippen LogP contribution in [0.3, 0.4) is 0 Å². The number of halogens is 4. The number of urea groups is 1. The van der Waals surface area contributed by atoms with Gasteiger partial charge in [0, 0.05) is 55.2 Å². The number of nitrogens with zero attached hydrogens (tertiary/aromatic N) is 4. The van der Waals surface area contributed by atoms with E-state index < -0.39 is 30.2 Å². The number of nitrogens with one attached hydrogen (secondary N) is 2. The molecule has 2 aromatic heterocycles. The highest BCUT2D eigenvalue weighted by molar-refractivity contribution is 6.36. The van der Waals surface area contributed by atoms with Crippen molar-refractivity contribution in [3.8, 4) is 28.3 Å². The molecule has 1 fully saturated rings. The van der Waals surface area contributed by atoms with Crippen LogP contribution < -0.4 is 20.3 Å². The number of amides is 2. The monoisotopic (exact) mass is 738 g/mol. The summed E-state index contributed by atoms with van der Waals surface area (Å²) in [5.41, 5.74) is 4.48. The molecule has 7 rings (SSSR count). The van der Waals surface area contributed by atoms with Gasteiger partial charge >= 0.3 is 12.2 Å². The number of pyridine rings is 2. The van der Waals surface area contributed by atoms with Crippen LogP contribution in [0.4, 0.5) is 35.2 Å². The number of aromatic nitrogens is 2. The topological polar surface area (TPSA) is 132 Å². The number of alkyl halides is 3. The first kappa shape index (κ1) is 35.9. The molecule has 1 aliphatic carbocycles. The van der Waals surface area contributed by atoms with E-state index in [0.717, 1.165) is 39.8 Å². The number of anilines is 3. The molecule has 2 aromatic carbocycles. The van der Waals surface area contributed by atoms with Crippen molar-refractivity contribution in [2.24, 2.45) is 0 Å². The predicted octanol–water partition coefficient (Wildman–Crippen LogP) is 6.76. The van der Waals surface area contributed by atoms with E-state index in [1.54, 1.807) is 26.2 Å². The van der Waals surface area contributed by atoms with Crippen molar-refractivity contribution in [3.63, 3.8) is 0 Å². The molecule has 0 radical (unpaired) electrons. The lowest BCUT2D eigenvalue weighted by Gasteiger charge is -2.37. The maximum Gasteiger partial charge on any atom is 0.433 e. The average molecular weight is 739 g/mol. The summed E-state index contributed by atoms with van der Waals surface area (Å²) in [6.45, 7) is 2.68. The standard InChI is InChI=1S/C37H38ClF3N6O5/c1-18-20(7-6-10-23(18)43-33-31-27(16-29(45-33)37(39,40)41)46(2)36(50)47(3)35(31)49)21-8-5-9-22(32(21)38)26-15-19-11-12-25(30(19)34(44-26)51-4)42-24-13-14-52-17-28(24)48/h5-10,15-16,24-25,28,35,42,48-49H,11-14,17H2,1-4H3,(H,43,45). The average Bonchev–Trinajstić information content (AvgIpc) is 3.53. The van der Waals surface area contributed by atoms with Crippen molar-refractivity contribution < 1.29 is 37.7 Å². The van der Waals surface area contributed by atoms with E-state index in [2.05, 4.69) is 15.6 Å². The van der Waals surface area contributed by atoms with Crippen molar-refractivity contribution in [2.75, 3.05) is 44.6 Å². The SMILES string of the molecule is COc1nc(-c2cccc(-c3cccc(Nc4nc(C(F)(F)F)cc5c4C(O)N(C)C(=O)N5C)c3C)c2Cl)cc2c1C(NC1CCOCC1O)CC2. The van der Waals surface area contributed by atoms with Gasteiger partial charge in [0.2, 0.25) is 5.88 Å². The number of hydrogen-bond acceptors (Lipinski definition) is 9. The summed E-state index contributed by atoms with van der Waals surface area (Å²) in [7, 11) is 4.27. The van der Waals surface area contributed by atoms with Gasteiger partial charge in [-0.25, -0.2) is 14.8 Å². The zero-order valence-corrected chi connectivity index (χ0v) is 29.6. The van der Waals surface area contributed by atoms with Gasteiger partial charge in [0.25, 0.3) is 0 Å². The highest BCUT2D eigenvalue weighted by Gasteiger charge is 2.41. The Hall–Kier alpha value is -4.47. The number of aliphatic hydroxyl groups is 2. The molecule has 0 saturated carbocycles. The molecule has 4 aromatic rings. The van der Waals surface area contributed by atoms with Crippen molar-refractivity contribution in [3.05, 3.63) is 81.5 Å². The predicted molar refractivity (Wildman–Crippen MR) is 190 cm³/mol. The van der Waals surface area contributed by atoms with Gasteiger partial charge in [-0.1, -0.05) is 41.9 Å². The number of hydrogen-bond donors (Lipinski definition) is 4. The molecule has 15 heteroatoms. The van der Waals surface area contributed by atoms with Crippen molar-refractivity contribution in [1.82, 2.24) is 20.2 Å². The Morgan fingerprint density at radius 2 is 1.75 bits per heavy atom. The summed E-state index contributed by atoms with van der Waals surface area (Å²) < 4.78 is 53.2. The van der Waals surface area contributed by atoms with E-state index in [9.17, 15) is 28.2 Å². The Bertz CT molecular complexity index is 2050. The van der Waals surface area contributed by atoms with Crippen LogP contribution >= 0.6 is 11.6 Å². The molecule has 4 N–H and O–H groups in total. The molecule has 0 spiro atoms. The normalized spacial score (nSPS) is 21.6. The van der Waals surface area contributed by atoms with Gasteiger partial charge in [-0.05, 0) is 61.1 Å². The van der Waals surface area contributed by atoms with Crippen LogP contribution in [-0.2, 0) is 17.3 Å². The first-order valence-corrected chi connectivity index (χ1v) is 17.2. The van der Waals surface area contributed by atoms with Crippen LogP contribution in [0.2, 0.25) is 5.02 Å². The number of rotatable bonds is 7. The summed E-state index contributed by atoms with van der Waals surface area (Å²) in [6.07, 6.45) is -4.64. The van der Waals surface area contributed by atoms with E-state index in [4.69, 9.17) is 26.1 Å². The van der Waals surface area contributed by atoms with Gasteiger partial charge in [0.15, 0.2) is 6.23 Å². The Morgan fingerprint density at radius 1 is 1.02 bits per heavy atom. The quantitative estimate of drug-likeness (QED) is 0.162. The van der Waals surface area contributed by atoms with Crippen LogP contribution in [0.1, 0.15) is 53.1 Å². The van der Waals surface area contributed by atoms with E-state index in [1.807, 2.05) is 30.3 Å². The molecule has 1 saturated heterocycles.